The van der Waals surface area contributed by atoms with Crippen molar-refractivity contribution in [2.24, 2.45) is 4.99 Å². The molecule has 1 aromatic carbocycles. The van der Waals surface area contributed by atoms with E-state index in [1.807, 2.05) is 37.3 Å². The molecule has 0 spiro atoms. The molecule has 0 radical (unpaired) electrons. The lowest BCUT2D eigenvalue weighted by Crippen LogP contribution is -2.54. The van der Waals surface area contributed by atoms with Crippen molar-refractivity contribution in [2.75, 3.05) is 45.9 Å². The van der Waals surface area contributed by atoms with Gasteiger partial charge in [-0.2, -0.15) is 4.31 Å². The Bertz CT molecular complexity index is 870. The van der Waals surface area contributed by atoms with Crippen LogP contribution in [0.25, 0.3) is 0 Å². The van der Waals surface area contributed by atoms with E-state index >= 15 is 0 Å². The number of hydrogen-bond donors (Lipinski definition) is 1. The van der Waals surface area contributed by atoms with E-state index < -0.39 is 10.0 Å². The van der Waals surface area contributed by atoms with E-state index in [0.29, 0.717) is 45.0 Å². The fourth-order valence-corrected chi connectivity index (χ4v) is 4.45. The van der Waals surface area contributed by atoms with Crippen LogP contribution in [0.5, 0.6) is 5.75 Å². The molecule has 0 saturated carbocycles. The Morgan fingerprint density at radius 3 is 2.57 bits per heavy atom. The molecule has 11 heteroatoms. The van der Waals surface area contributed by atoms with Crippen LogP contribution < -0.4 is 10.1 Å². The summed E-state index contributed by atoms with van der Waals surface area (Å²) in [4.78, 5) is 6.69. The summed E-state index contributed by atoms with van der Waals surface area (Å²) in [5, 5.41) is 6.97. The van der Waals surface area contributed by atoms with Crippen molar-refractivity contribution < 1.29 is 17.7 Å². The molecule has 1 saturated heterocycles. The Kier molecular flexibility index (Phi) is 9.85. The highest BCUT2D eigenvalue weighted by Gasteiger charge is 2.28. The summed E-state index contributed by atoms with van der Waals surface area (Å²) in [7, 11) is -3.42. The van der Waals surface area contributed by atoms with Crippen LogP contribution in [0.2, 0.25) is 0 Å². The predicted octanol–water partition coefficient (Wildman–Crippen LogP) is 1.78. The van der Waals surface area contributed by atoms with Crippen LogP contribution in [0, 0.1) is 0 Å². The molecule has 1 aliphatic heterocycles. The van der Waals surface area contributed by atoms with Crippen LogP contribution in [-0.4, -0.2) is 74.6 Å². The molecule has 0 bridgehead atoms. The zero-order valence-electron chi connectivity index (χ0n) is 16.9. The van der Waals surface area contributed by atoms with E-state index in [0.717, 1.165) is 18.3 Å². The molecule has 2 heterocycles. The van der Waals surface area contributed by atoms with Gasteiger partial charge in [0.1, 0.15) is 24.4 Å². The summed E-state index contributed by atoms with van der Waals surface area (Å²) in [5.74, 6) is 1.45. The van der Waals surface area contributed by atoms with E-state index in [1.165, 1.54) is 10.6 Å². The molecule has 1 aromatic heterocycles. The first-order valence-electron chi connectivity index (χ1n) is 9.66. The van der Waals surface area contributed by atoms with Crippen LogP contribution in [0.15, 0.2) is 52.2 Å². The highest BCUT2D eigenvalue weighted by atomic mass is 127. The molecule has 3 rings (SSSR count). The van der Waals surface area contributed by atoms with Crippen molar-refractivity contribution in [3.63, 3.8) is 0 Å². The molecular formula is C19H28IN5O4S. The molecule has 0 atom stereocenters. The first-order valence-corrected chi connectivity index (χ1v) is 11.3. The first-order chi connectivity index (χ1) is 14.1. The predicted molar refractivity (Wildman–Crippen MR) is 126 cm³/mol. The van der Waals surface area contributed by atoms with Gasteiger partial charge in [0, 0.05) is 38.8 Å². The number of halogens is 1. The van der Waals surface area contributed by atoms with E-state index in [1.54, 1.807) is 6.07 Å². The number of aromatic nitrogens is 1. The third kappa shape index (κ3) is 7.13. The highest BCUT2D eigenvalue weighted by molar-refractivity contribution is 14.0. The normalized spacial score (nSPS) is 15.5. The summed E-state index contributed by atoms with van der Waals surface area (Å²) in [6, 6.07) is 11.2. The van der Waals surface area contributed by atoms with Crippen LogP contribution >= 0.6 is 24.0 Å². The van der Waals surface area contributed by atoms with E-state index in [-0.39, 0.29) is 29.7 Å². The second-order valence-corrected chi connectivity index (χ2v) is 8.50. The van der Waals surface area contributed by atoms with Crippen LogP contribution in [-0.2, 0) is 15.8 Å². The van der Waals surface area contributed by atoms with Gasteiger partial charge in [0.05, 0.1) is 12.2 Å². The fourth-order valence-electron chi connectivity index (χ4n) is 3.03. The maximum atomic E-state index is 12.6. The standard InChI is InChI=1S/C19H27N5O4S.HI/c1-2-20-19(21-9-15-27-18-6-4-3-5-7-18)23-10-12-24(13-11-23)29(25,26)16-17-8-14-28-22-17;/h3-8,14H,2,9-13,15-16H2,1H3,(H,20,21);1H. The topological polar surface area (TPSA) is 100 Å². The molecule has 166 valence electrons. The lowest BCUT2D eigenvalue weighted by atomic mass is 10.3. The van der Waals surface area contributed by atoms with Crippen molar-refractivity contribution in [3.8, 4) is 5.75 Å². The van der Waals surface area contributed by atoms with Gasteiger partial charge < -0.3 is 19.5 Å². The van der Waals surface area contributed by atoms with Crippen LogP contribution in [0.3, 0.4) is 0 Å². The molecular weight excluding hydrogens is 521 g/mol. The van der Waals surface area contributed by atoms with Gasteiger partial charge in [-0.15, -0.1) is 24.0 Å². The number of hydrogen-bond acceptors (Lipinski definition) is 6. The minimum atomic E-state index is -3.42. The molecule has 1 fully saturated rings. The summed E-state index contributed by atoms with van der Waals surface area (Å²) in [6.07, 6.45) is 1.38. The first kappa shape index (κ1) is 24.4. The number of rotatable bonds is 8. The summed E-state index contributed by atoms with van der Waals surface area (Å²) in [6.45, 7) is 5.70. The zero-order chi connectivity index (χ0) is 20.5. The Labute approximate surface area is 194 Å². The fraction of sp³-hybridized carbons (Fsp3) is 0.474. The van der Waals surface area contributed by atoms with Crippen molar-refractivity contribution in [2.45, 2.75) is 12.7 Å². The Hall–Kier alpha value is -1.86. The van der Waals surface area contributed by atoms with Gasteiger partial charge in [-0.3, -0.25) is 0 Å². The van der Waals surface area contributed by atoms with E-state index in [4.69, 9.17) is 9.26 Å². The molecule has 2 aromatic rings. The number of nitrogens with one attached hydrogen (secondary N) is 1. The minimum absolute atomic E-state index is 0. The van der Waals surface area contributed by atoms with Gasteiger partial charge in [-0.25, -0.2) is 13.4 Å². The number of guanidine groups is 1. The number of para-hydroxylation sites is 1. The average Bonchev–Trinajstić information content (AvgIpc) is 3.23. The monoisotopic (exact) mass is 549 g/mol. The van der Waals surface area contributed by atoms with E-state index in [9.17, 15) is 8.42 Å². The number of nitrogens with zero attached hydrogens (tertiary/aromatic N) is 4. The van der Waals surface area contributed by atoms with Gasteiger partial charge in [0.25, 0.3) is 0 Å². The minimum Gasteiger partial charge on any atom is -0.492 e. The number of sulfonamides is 1. The van der Waals surface area contributed by atoms with Crippen molar-refractivity contribution in [1.82, 2.24) is 19.7 Å². The maximum absolute atomic E-state index is 12.6. The second kappa shape index (κ2) is 12.1. The maximum Gasteiger partial charge on any atom is 0.220 e. The third-order valence-corrected chi connectivity index (χ3v) is 6.27. The van der Waals surface area contributed by atoms with Gasteiger partial charge in [-0.05, 0) is 19.1 Å². The molecule has 1 N–H and O–H groups in total. The molecule has 1 aliphatic rings. The molecule has 9 nitrogen and oxygen atoms in total. The lowest BCUT2D eigenvalue weighted by molar-refractivity contribution is 0.259. The van der Waals surface area contributed by atoms with Crippen molar-refractivity contribution >= 4 is 40.0 Å². The van der Waals surface area contributed by atoms with Crippen LogP contribution in [0.1, 0.15) is 12.6 Å². The van der Waals surface area contributed by atoms with Gasteiger partial charge >= 0.3 is 0 Å². The SMILES string of the molecule is CCNC(=NCCOc1ccccc1)N1CCN(S(=O)(=O)Cc2ccon2)CC1.I. The molecule has 30 heavy (non-hydrogen) atoms. The number of ether oxygens (including phenoxy) is 1. The largest absolute Gasteiger partial charge is 0.492 e. The Morgan fingerprint density at radius 1 is 1.20 bits per heavy atom. The number of aliphatic imine (C=N–C) groups is 1. The smallest absolute Gasteiger partial charge is 0.220 e. The summed E-state index contributed by atoms with van der Waals surface area (Å²) >= 11 is 0. The van der Waals surface area contributed by atoms with Crippen molar-refractivity contribution in [1.29, 1.82) is 0 Å². The molecule has 0 aliphatic carbocycles. The lowest BCUT2D eigenvalue weighted by Gasteiger charge is -2.35. The van der Waals surface area contributed by atoms with Crippen molar-refractivity contribution in [3.05, 3.63) is 48.4 Å². The second-order valence-electron chi connectivity index (χ2n) is 6.53. The highest BCUT2D eigenvalue weighted by Crippen LogP contribution is 2.13. The van der Waals surface area contributed by atoms with E-state index in [2.05, 4.69) is 20.4 Å². The summed E-state index contributed by atoms with van der Waals surface area (Å²) in [5.41, 5.74) is 0.417. The molecule has 0 unspecified atom stereocenters. The van der Waals surface area contributed by atoms with Gasteiger partial charge in [-0.1, -0.05) is 23.4 Å². The third-order valence-electron chi connectivity index (χ3n) is 4.45. The number of benzene rings is 1. The average molecular weight is 549 g/mol. The van der Waals surface area contributed by atoms with Gasteiger partial charge in [0.15, 0.2) is 5.96 Å². The zero-order valence-corrected chi connectivity index (χ0v) is 20.1. The summed E-state index contributed by atoms with van der Waals surface area (Å²) < 4.78 is 37.0. The molecule has 0 amide bonds. The van der Waals surface area contributed by atoms with Crippen LogP contribution in [0.4, 0.5) is 0 Å². The number of piperazine rings is 1. The Morgan fingerprint density at radius 2 is 1.93 bits per heavy atom. The Balaban J connectivity index is 0.00000320. The quantitative estimate of drug-likeness (QED) is 0.232. The van der Waals surface area contributed by atoms with Gasteiger partial charge in [0.2, 0.25) is 10.0 Å².